The lowest BCUT2D eigenvalue weighted by Gasteiger charge is -2.13. The maximum absolute atomic E-state index is 9.64. The van der Waals surface area contributed by atoms with Gasteiger partial charge in [-0.05, 0) is 24.6 Å². The maximum atomic E-state index is 9.64. The van der Waals surface area contributed by atoms with E-state index in [4.69, 9.17) is 32.7 Å². The number of benzene rings is 1. The van der Waals surface area contributed by atoms with E-state index in [1.165, 1.54) is 0 Å². The molecule has 0 aliphatic rings. The van der Waals surface area contributed by atoms with Gasteiger partial charge in [0.1, 0.15) is 18.5 Å². The molecule has 0 fully saturated rings. The van der Waals surface area contributed by atoms with Crippen LogP contribution in [0.1, 0.15) is 19.8 Å². The largest absolute Gasteiger partial charge is 0.489 e. The smallest absolute Gasteiger partial charge is 0.138 e. The average Bonchev–Trinajstić information content (AvgIpc) is 2.33. The molecule has 0 spiro atoms. The number of aliphatic hydroxyl groups excluding tert-OH is 1. The van der Waals surface area contributed by atoms with Crippen LogP contribution in [0.4, 0.5) is 0 Å². The van der Waals surface area contributed by atoms with Gasteiger partial charge in [0, 0.05) is 11.6 Å². The molecule has 0 aliphatic heterocycles. The first-order valence-electron chi connectivity index (χ1n) is 5.97. The van der Waals surface area contributed by atoms with Crippen LogP contribution < -0.4 is 4.74 Å². The quantitative estimate of drug-likeness (QED) is 0.745. The van der Waals surface area contributed by atoms with Gasteiger partial charge >= 0.3 is 0 Å². The van der Waals surface area contributed by atoms with Crippen LogP contribution in [0.15, 0.2) is 18.2 Å². The monoisotopic (exact) mass is 292 g/mol. The summed E-state index contributed by atoms with van der Waals surface area (Å²) in [6, 6.07) is 4.96. The summed E-state index contributed by atoms with van der Waals surface area (Å²) < 4.78 is 10.7. The van der Waals surface area contributed by atoms with E-state index in [0.29, 0.717) is 22.4 Å². The molecule has 0 radical (unpaired) electrons. The van der Waals surface area contributed by atoms with Crippen LogP contribution in [-0.4, -0.2) is 31.0 Å². The highest BCUT2D eigenvalue weighted by Gasteiger charge is 2.08. The molecule has 0 heterocycles. The molecule has 0 aromatic heterocycles. The van der Waals surface area contributed by atoms with E-state index in [0.717, 1.165) is 12.8 Å². The Labute approximate surface area is 118 Å². The molecule has 1 rings (SSSR count). The number of aliphatic hydroxyl groups is 1. The molecular weight excluding hydrogens is 275 g/mol. The molecule has 0 aliphatic carbocycles. The van der Waals surface area contributed by atoms with Gasteiger partial charge in [-0.1, -0.05) is 36.5 Å². The fourth-order valence-electron chi connectivity index (χ4n) is 1.29. The molecule has 1 atom stereocenters. The fraction of sp³-hybridized carbons (Fsp3) is 0.538. The molecule has 1 aromatic carbocycles. The van der Waals surface area contributed by atoms with Crippen molar-refractivity contribution in [3.05, 3.63) is 28.2 Å². The molecule has 3 nitrogen and oxygen atoms in total. The Morgan fingerprint density at radius 2 is 2.06 bits per heavy atom. The molecule has 0 bridgehead atoms. The van der Waals surface area contributed by atoms with Gasteiger partial charge in [0.2, 0.25) is 0 Å². The molecule has 18 heavy (non-hydrogen) atoms. The zero-order valence-electron chi connectivity index (χ0n) is 10.4. The number of unbranched alkanes of at least 4 members (excludes halogenated alkanes) is 1. The highest BCUT2D eigenvalue weighted by atomic mass is 35.5. The molecule has 102 valence electrons. The van der Waals surface area contributed by atoms with Crippen molar-refractivity contribution in [1.29, 1.82) is 0 Å². The zero-order chi connectivity index (χ0) is 13.4. The molecule has 1 aromatic rings. The summed E-state index contributed by atoms with van der Waals surface area (Å²) in [6.45, 7) is 3.17. The Morgan fingerprint density at radius 1 is 1.28 bits per heavy atom. The van der Waals surface area contributed by atoms with Crippen molar-refractivity contribution >= 4 is 23.2 Å². The third-order valence-electron chi connectivity index (χ3n) is 2.28. The highest BCUT2D eigenvalue weighted by molar-refractivity contribution is 6.35. The highest BCUT2D eigenvalue weighted by Crippen LogP contribution is 2.27. The number of rotatable bonds is 8. The predicted molar refractivity (Wildman–Crippen MR) is 73.7 cm³/mol. The maximum Gasteiger partial charge on any atom is 0.138 e. The first kappa shape index (κ1) is 15.6. The van der Waals surface area contributed by atoms with Crippen LogP contribution in [0, 0.1) is 0 Å². The van der Waals surface area contributed by atoms with Crippen LogP contribution in [0.2, 0.25) is 10.0 Å². The summed E-state index contributed by atoms with van der Waals surface area (Å²) >= 11 is 11.7. The lowest BCUT2D eigenvalue weighted by Crippen LogP contribution is -2.23. The molecule has 0 amide bonds. The molecule has 1 unspecified atom stereocenters. The van der Waals surface area contributed by atoms with E-state index in [1.807, 2.05) is 0 Å². The molecule has 0 saturated carbocycles. The van der Waals surface area contributed by atoms with Gasteiger partial charge in [-0.3, -0.25) is 0 Å². The summed E-state index contributed by atoms with van der Waals surface area (Å²) in [6.07, 6.45) is 1.41. The van der Waals surface area contributed by atoms with Crippen LogP contribution in [0.25, 0.3) is 0 Å². The summed E-state index contributed by atoms with van der Waals surface area (Å²) in [4.78, 5) is 0. The van der Waals surface area contributed by atoms with Crippen LogP contribution in [-0.2, 0) is 4.74 Å². The van der Waals surface area contributed by atoms with Crippen molar-refractivity contribution in [2.75, 3.05) is 19.8 Å². The van der Waals surface area contributed by atoms with Crippen molar-refractivity contribution in [3.63, 3.8) is 0 Å². The second-order valence-electron chi connectivity index (χ2n) is 3.97. The minimum atomic E-state index is -0.659. The van der Waals surface area contributed by atoms with Gasteiger partial charge in [-0.25, -0.2) is 0 Å². The molecule has 5 heteroatoms. The van der Waals surface area contributed by atoms with Gasteiger partial charge < -0.3 is 14.6 Å². The number of hydrogen-bond acceptors (Lipinski definition) is 3. The van der Waals surface area contributed by atoms with Crippen molar-refractivity contribution in [3.8, 4) is 5.75 Å². The SMILES string of the molecule is CCCCOCC(O)COc1ccc(Cl)cc1Cl. The van der Waals surface area contributed by atoms with Gasteiger partial charge in [-0.15, -0.1) is 0 Å². The van der Waals surface area contributed by atoms with Crippen LogP contribution in [0.3, 0.4) is 0 Å². The standard InChI is InChI=1S/C13H18Cl2O3/c1-2-3-6-17-8-11(16)9-18-13-5-4-10(14)7-12(13)15/h4-5,7,11,16H,2-3,6,8-9H2,1H3. The molecule has 1 N–H and O–H groups in total. The van der Waals surface area contributed by atoms with Crippen molar-refractivity contribution in [2.24, 2.45) is 0 Å². The second kappa shape index (κ2) is 8.59. The minimum Gasteiger partial charge on any atom is -0.489 e. The Bertz CT molecular complexity index is 358. The van der Waals surface area contributed by atoms with Crippen molar-refractivity contribution < 1.29 is 14.6 Å². The lowest BCUT2D eigenvalue weighted by molar-refractivity contribution is 0.0113. The topological polar surface area (TPSA) is 38.7 Å². The number of ether oxygens (including phenoxy) is 2. The number of hydrogen-bond donors (Lipinski definition) is 1. The Balaban J connectivity index is 2.27. The van der Waals surface area contributed by atoms with Crippen LogP contribution >= 0.6 is 23.2 Å². The Morgan fingerprint density at radius 3 is 2.72 bits per heavy atom. The van der Waals surface area contributed by atoms with Crippen LogP contribution in [0.5, 0.6) is 5.75 Å². The molecule has 0 saturated heterocycles. The van der Waals surface area contributed by atoms with E-state index in [1.54, 1.807) is 18.2 Å². The Kier molecular flexibility index (Phi) is 7.44. The minimum absolute atomic E-state index is 0.146. The summed E-state index contributed by atoms with van der Waals surface area (Å²) in [7, 11) is 0. The lowest BCUT2D eigenvalue weighted by atomic mass is 10.3. The summed E-state index contributed by atoms with van der Waals surface area (Å²) in [5, 5.41) is 10.6. The second-order valence-corrected chi connectivity index (χ2v) is 4.81. The van der Waals surface area contributed by atoms with Crippen molar-refractivity contribution in [2.45, 2.75) is 25.9 Å². The fourth-order valence-corrected chi connectivity index (χ4v) is 1.76. The van der Waals surface area contributed by atoms with Gasteiger partial charge in [0.15, 0.2) is 0 Å². The van der Waals surface area contributed by atoms with E-state index in [2.05, 4.69) is 6.92 Å². The zero-order valence-corrected chi connectivity index (χ0v) is 11.9. The van der Waals surface area contributed by atoms with Gasteiger partial charge in [0.25, 0.3) is 0 Å². The Hall–Kier alpha value is -0.480. The van der Waals surface area contributed by atoms with Crippen molar-refractivity contribution in [1.82, 2.24) is 0 Å². The third-order valence-corrected chi connectivity index (χ3v) is 2.81. The number of halogens is 2. The first-order valence-corrected chi connectivity index (χ1v) is 6.72. The normalized spacial score (nSPS) is 12.4. The summed E-state index contributed by atoms with van der Waals surface area (Å²) in [5.74, 6) is 0.508. The van der Waals surface area contributed by atoms with Gasteiger partial charge in [-0.2, -0.15) is 0 Å². The van der Waals surface area contributed by atoms with E-state index >= 15 is 0 Å². The molecular formula is C13H18Cl2O3. The van der Waals surface area contributed by atoms with E-state index < -0.39 is 6.10 Å². The third kappa shape index (κ3) is 5.91. The summed E-state index contributed by atoms with van der Waals surface area (Å²) in [5.41, 5.74) is 0. The van der Waals surface area contributed by atoms with E-state index in [-0.39, 0.29) is 13.2 Å². The predicted octanol–water partition coefficient (Wildman–Crippen LogP) is 3.55. The average molecular weight is 293 g/mol. The van der Waals surface area contributed by atoms with E-state index in [9.17, 15) is 5.11 Å². The first-order chi connectivity index (χ1) is 8.63. The van der Waals surface area contributed by atoms with Gasteiger partial charge in [0.05, 0.1) is 11.6 Å².